The predicted octanol–water partition coefficient (Wildman–Crippen LogP) is 2.66. The molecule has 6 heteroatoms. The Balaban J connectivity index is 1.36. The summed E-state index contributed by atoms with van der Waals surface area (Å²) in [6.07, 6.45) is 3.36. The lowest BCUT2D eigenvalue weighted by Crippen LogP contribution is -3.12. The molecule has 1 N–H and O–H groups in total. The van der Waals surface area contributed by atoms with E-state index in [-0.39, 0.29) is 11.9 Å². The van der Waals surface area contributed by atoms with Gasteiger partial charge in [-0.1, -0.05) is 30.3 Å². The topological polar surface area (TPSA) is 50.2 Å². The molecule has 5 rings (SSSR count). The zero-order valence-corrected chi connectivity index (χ0v) is 16.3. The Morgan fingerprint density at radius 1 is 1.18 bits per heavy atom. The van der Waals surface area contributed by atoms with Crippen LogP contribution in [0.4, 0.5) is 0 Å². The van der Waals surface area contributed by atoms with Gasteiger partial charge in [0.1, 0.15) is 18.0 Å². The Bertz CT molecular complexity index is 995. The van der Waals surface area contributed by atoms with Crippen LogP contribution in [0.1, 0.15) is 34.2 Å². The predicted molar refractivity (Wildman–Crippen MR) is 108 cm³/mol. The average Bonchev–Trinajstić information content (AvgIpc) is 3.48. The molecule has 142 valence electrons. The summed E-state index contributed by atoms with van der Waals surface area (Å²) in [5.74, 6) is 0.824. The van der Waals surface area contributed by atoms with E-state index in [1.807, 2.05) is 18.2 Å². The van der Waals surface area contributed by atoms with Gasteiger partial charge in [0.2, 0.25) is 0 Å². The number of furan rings is 1. The van der Waals surface area contributed by atoms with E-state index < -0.39 is 0 Å². The molecule has 5 nitrogen and oxygen atoms in total. The lowest BCUT2D eigenvalue weighted by atomic mass is 10.00. The highest BCUT2D eigenvalue weighted by Crippen LogP contribution is 2.35. The molecular weight excluding hydrogens is 370 g/mol. The third kappa shape index (κ3) is 3.30. The molecule has 28 heavy (non-hydrogen) atoms. The molecule has 0 radical (unpaired) electrons. The summed E-state index contributed by atoms with van der Waals surface area (Å²) in [6, 6.07) is 16.4. The first kappa shape index (κ1) is 17.4. The van der Waals surface area contributed by atoms with Gasteiger partial charge in [-0.05, 0) is 29.1 Å². The van der Waals surface area contributed by atoms with Gasteiger partial charge in [-0.2, -0.15) is 5.10 Å². The first-order valence-corrected chi connectivity index (χ1v) is 10.5. The number of benzene rings is 1. The molecule has 2 aliphatic heterocycles. The van der Waals surface area contributed by atoms with Crippen LogP contribution in [0.3, 0.4) is 0 Å². The number of hydrogen-bond acceptors (Lipinski definition) is 4. The van der Waals surface area contributed by atoms with Crippen LogP contribution in [0.15, 0.2) is 69.7 Å². The number of carbonyl (C=O) groups is 1. The number of fused-ring (bicyclic) bond motifs is 1. The van der Waals surface area contributed by atoms with E-state index in [1.165, 1.54) is 16.0 Å². The third-order valence-electron chi connectivity index (χ3n) is 5.55. The zero-order valence-electron chi connectivity index (χ0n) is 15.5. The molecule has 0 spiro atoms. The first-order valence-electron chi connectivity index (χ1n) is 9.65. The minimum absolute atomic E-state index is 0.0379. The molecule has 0 fully saturated rings. The number of nitrogens with zero attached hydrogens (tertiary/aromatic N) is 2. The molecular formula is C22H22N3O2S+. The Hall–Kier alpha value is -2.70. The number of quaternary nitrogens is 1. The molecule has 1 aromatic carbocycles. The van der Waals surface area contributed by atoms with Crippen LogP contribution in [0.5, 0.6) is 0 Å². The number of nitrogens with one attached hydrogen (secondary N) is 1. The number of rotatable bonds is 4. The van der Waals surface area contributed by atoms with Crippen molar-refractivity contribution in [1.82, 2.24) is 5.01 Å². The van der Waals surface area contributed by atoms with E-state index in [9.17, 15) is 4.79 Å². The largest absolute Gasteiger partial charge is 0.463 e. The van der Waals surface area contributed by atoms with E-state index in [2.05, 4.69) is 40.8 Å². The maximum Gasteiger partial charge on any atom is 0.298 e. The summed E-state index contributed by atoms with van der Waals surface area (Å²) in [5.41, 5.74) is 3.61. The average molecular weight is 393 g/mol. The smallest absolute Gasteiger partial charge is 0.298 e. The summed E-state index contributed by atoms with van der Waals surface area (Å²) in [6.45, 7) is 2.34. The van der Waals surface area contributed by atoms with Gasteiger partial charge in [0.15, 0.2) is 6.54 Å². The number of carbonyl (C=O) groups excluding carboxylic acids is 1. The molecule has 1 amide bonds. The van der Waals surface area contributed by atoms with Gasteiger partial charge < -0.3 is 9.32 Å². The highest BCUT2D eigenvalue weighted by atomic mass is 32.1. The normalized spacial score (nSPS) is 21.4. The summed E-state index contributed by atoms with van der Waals surface area (Å²) < 4.78 is 5.53. The fourth-order valence-corrected chi connectivity index (χ4v) is 4.93. The standard InChI is InChI=1S/C22H21N3O2S/c26-22(15-24-10-9-16-5-1-2-6-17(16)14-24)25-19(21-8-4-12-28-21)13-18(23-25)20-7-3-11-27-20/h1-8,11-12,19H,9-10,13-15H2/p+1/t19-/m1/s1. The van der Waals surface area contributed by atoms with E-state index in [1.54, 1.807) is 22.6 Å². The van der Waals surface area contributed by atoms with E-state index in [4.69, 9.17) is 4.42 Å². The van der Waals surface area contributed by atoms with Crippen molar-refractivity contribution in [2.75, 3.05) is 13.1 Å². The maximum absolute atomic E-state index is 13.2. The quantitative estimate of drug-likeness (QED) is 0.742. The van der Waals surface area contributed by atoms with Gasteiger partial charge in [0, 0.05) is 23.3 Å². The Morgan fingerprint density at radius 2 is 2.07 bits per heavy atom. The second-order valence-corrected chi connectivity index (χ2v) is 8.35. The van der Waals surface area contributed by atoms with Crippen molar-refractivity contribution in [3.63, 3.8) is 0 Å². The van der Waals surface area contributed by atoms with Crippen LogP contribution in [-0.2, 0) is 17.8 Å². The fraction of sp³-hybridized carbons (Fsp3) is 0.273. The van der Waals surface area contributed by atoms with Crippen molar-refractivity contribution < 1.29 is 14.1 Å². The maximum atomic E-state index is 13.2. The number of amides is 1. The van der Waals surface area contributed by atoms with Crippen molar-refractivity contribution in [2.45, 2.75) is 25.4 Å². The van der Waals surface area contributed by atoms with Crippen LogP contribution >= 0.6 is 11.3 Å². The molecule has 0 aliphatic carbocycles. The molecule has 2 aromatic heterocycles. The second-order valence-electron chi connectivity index (χ2n) is 7.37. The summed E-state index contributed by atoms with van der Waals surface area (Å²) in [4.78, 5) is 15.7. The van der Waals surface area contributed by atoms with E-state index in [0.717, 1.165) is 35.9 Å². The van der Waals surface area contributed by atoms with Crippen molar-refractivity contribution in [3.05, 3.63) is 81.9 Å². The third-order valence-corrected chi connectivity index (χ3v) is 6.52. The van der Waals surface area contributed by atoms with Crippen LogP contribution in [0, 0.1) is 0 Å². The van der Waals surface area contributed by atoms with Crippen LogP contribution in [0.2, 0.25) is 0 Å². The van der Waals surface area contributed by atoms with Crippen LogP contribution in [-0.4, -0.2) is 29.7 Å². The number of hydrogen-bond donors (Lipinski definition) is 1. The van der Waals surface area contributed by atoms with Gasteiger partial charge in [0.05, 0.1) is 18.8 Å². The molecule has 4 heterocycles. The van der Waals surface area contributed by atoms with Crippen molar-refractivity contribution in [2.24, 2.45) is 5.10 Å². The van der Waals surface area contributed by atoms with Gasteiger partial charge in [-0.3, -0.25) is 4.79 Å². The van der Waals surface area contributed by atoms with Crippen LogP contribution in [0.25, 0.3) is 0 Å². The lowest BCUT2D eigenvalue weighted by molar-refractivity contribution is -0.908. The Kier molecular flexibility index (Phi) is 4.58. The fourth-order valence-electron chi connectivity index (χ4n) is 4.12. The van der Waals surface area contributed by atoms with E-state index >= 15 is 0 Å². The SMILES string of the molecule is O=C(C[NH+]1CCc2ccccc2C1)N1N=C(c2ccco2)C[C@@H]1c1cccs1. The van der Waals surface area contributed by atoms with E-state index in [0.29, 0.717) is 13.0 Å². The Labute approximate surface area is 167 Å². The number of hydrazone groups is 1. The van der Waals surface area contributed by atoms with Crippen molar-refractivity contribution in [3.8, 4) is 0 Å². The minimum atomic E-state index is -0.0379. The molecule has 2 atom stereocenters. The molecule has 0 saturated carbocycles. The number of thiophene rings is 1. The highest BCUT2D eigenvalue weighted by Gasteiger charge is 2.36. The van der Waals surface area contributed by atoms with Crippen molar-refractivity contribution in [1.29, 1.82) is 0 Å². The summed E-state index contributed by atoms with van der Waals surface area (Å²) in [7, 11) is 0. The lowest BCUT2D eigenvalue weighted by Gasteiger charge is -2.27. The zero-order chi connectivity index (χ0) is 18.9. The minimum Gasteiger partial charge on any atom is -0.463 e. The summed E-state index contributed by atoms with van der Waals surface area (Å²) in [5, 5.41) is 8.42. The monoisotopic (exact) mass is 392 g/mol. The van der Waals surface area contributed by atoms with Crippen LogP contribution < -0.4 is 4.90 Å². The van der Waals surface area contributed by atoms with Crippen molar-refractivity contribution >= 4 is 23.0 Å². The molecule has 1 unspecified atom stereocenters. The van der Waals surface area contributed by atoms with Gasteiger partial charge in [-0.25, -0.2) is 5.01 Å². The molecule has 2 aliphatic rings. The first-order chi connectivity index (χ1) is 13.8. The molecule has 0 bridgehead atoms. The van der Waals surface area contributed by atoms with Gasteiger partial charge >= 0.3 is 0 Å². The highest BCUT2D eigenvalue weighted by molar-refractivity contribution is 7.10. The van der Waals surface area contributed by atoms with Gasteiger partial charge in [0.25, 0.3) is 5.91 Å². The molecule has 0 saturated heterocycles. The summed E-state index contributed by atoms with van der Waals surface area (Å²) >= 11 is 1.67. The second kappa shape index (κ2) is 7.37. The molecule has 3 aromatic rings. The van der Waals surface area contributed by atoms with Gasteiger partial charge in [-0.15, -0.1) is 11.3 Å². The Morgan fingerprint density at radius 3 is 2.86 bits per heavy atom.